The molecular weight excluding hydrogens is 559 g/mol. The molecule has 5 atom stereocenters. The number of primary amides is 1. The lowest BCUT2D eigenvalue weighted by molar-refractivity contribution is -0.891. The first kappa shape index (κ1) is 26.1. The topological polar surface area (TPSA) is 178 Å². The fraction of sp³-hybridized carbons (Fsp3) is 0.435. The number of fused-ring (bicyclic) bond motifs is 3. The van der Waals surface area contributed by atoms with E-state index in [-0.39, 0.29) is 46.0 Å². The average Bonchev–Trinajstić information content (AvgIpc) is 2.67. The van der Waals surface area contributed by atoms with E-state index in [9.17, 15) is 39.9 Å². The summed E-state index contributed by atoms with van der Waals surface area (Å²) >= 11 is 0. The molecule has 34 heavy (non-hydrogen) atoms. The zero-order valence-electron chi connectivity index (χ0n) is 19.0. The normalized spacial score (nSPS) is 33.1. The number of likely N-dealkylation sites (N-methyl/N-ethyl adjacent to an activating group) is 1. The molecule has 0 aromatic heterocycles. The van der Waals surface area contributed by atoms with Gasteiger partial charge in [-0.25, -0.2) is 0 Å². The van der Waals surface area contributed by atoms with E-state index in [0.29, 0.717) is 0 Å². The summed E-state index contributed by atoms with van der Waals surface area (Å²) in [5.41, 5.74) is -0.460. The summed E-state index contributed by atoms with van der Waals surface area (Å²) in [7, 11) is 4.89. The molecule has 1 aromatic rings. The quantitative estimate of drug-likeness (QED) is 0.119. The highest BCUT2D eigenvalue weighted by molar-refractivity contribution is 6.24. The van der Waals surface area contributed by atoms with Gasteiger partial charge in [0.1, 0.15) is 22.8 Å². The Bertz CT molecular complexity index is 1200. The molecule has 1 amide bonds. The van der Waals surface area contributed by atoms with Crippen LogP contribution >= 0.6 is 0 Å². The van der Waals surface area contributed by atoms with Crippen molar-refractivity contribution in [1.82, 2.24) is 0 Å². The molecule has 0 radical (unpaired) electrons. The Morgan fingerprint density at radius 1 is 1.12 bits per heavy atom. The number of aliphatic hydroxyl groups excluding tert-OH is 2. The van der Waals surface area contributed by atoms with Crippen LogP contribution in [0.1, 0.15) is 24.5 Å². The lowest BCUT2D eigenvalue weighted by Crippen LogP contribution is -3.00. The maximum Gasteiger partial charge on any atom is 0.256 e. The van der Waals surface area contributed by atoms with Gasteiger partial charge in [-0.05, 0) is 25.0 Å². The zero-order valence-corrected chi connectivity index (χ0v) is 21.2. The van der Waals surface area contributed by atoms with Crippen molar-refractivity contribution in [3.05, 3.63) is 46.2 Å². The Morgan fingerprint density at radius 3 is 2.24 bits per heavy atom. The molecule has 3 aliphatic carbocycles. The molecule has 2 unspecified atom stereocenters. The summed E-state index contributed by atoms with van der Waals surface area (Å²) in [4.78, 5) is 39.1. The highest BCUT2D eigenvalue weighted by Crippen LogP contribution is 2.57. The molecule has 10 nitrogen and oxygen atoms in total. The van der Waals surface area contributed by atoms with Crippen LogP contribution in [0.4, 0.5) is 0 Å². The number of quaternary nitrogens is 1. The summed E-state index contributed by atoms with van der Waals surface area (Å²) in [5, 5.41) is 55.3. The number of nitrogens with two attached hydrogens (primary N) is 1. The number of rotatable bonds is 2. The van der Waals surface area contributed by atoms with E-state index in [1.807, 2.05) is 0 Å². The van der Waals surface area contributed by atoms with Crippen LogP contribution in [0.3, 0.4) is 0 Å². The molecule has 0 spiro atoms. The summed E-state index contributed by atoms with van der Waals surface area (Å²) in [6, 6.07) is 3.09. The number of carbonyl (C=O) groups excluding carboxylic acids is 3. The van der Waals surface area contributed by atoms with Crippen LogP contribution in [-0.2, 0) is 20.0 Å². The molecule has 1 saturated carbocycles. The SMILES string of the molecule is C[C@@]1(O)c2cccc(O)c2C(O)=C2C(=O)[C@]3(O)C(O)=C(C(N)=O)C(=O)[C@@H]([N+](C)(C)C)C3CC21.[I-]. The van der Waals surface area contributed by atoms with E-state index in [1.54, 1.807) is 21.1 Å². The van der Waals surface area contributed by atoms with Crippen LogP contribution in [0.5, 0.6) is 5.75 Å². The fourth-order valence-corrected chi connectivity index (χ4v) is 5.80. The van der Waals surface area contributed by atoms with Crippen molar-refractivity contribution in [3.63, 3.8) is 0 Å². The molecule has 1 fully saturated rings. The van der Waals surface area contributed by atoms with Gasteiger partial charge in [0.05, 0.1) is 38.2 Å². The molecule has 0 saturated heterocycles. The van der Waals surface area contributed by atoms with E-state index in [4.69, 9.17) is 5.73 Å². The number of phenols is 1. The smallest absolute Gasteiger partial charge is 0.256 e. The molecule has 3 aliphatic rings. The molecule has 1 aromatic carbocycles. The van der Waals surface area contributed by atoms with E-state index >= 15 is 0 Å². The van der Waals surface area contributed by atoms with Gasteiger partial charge in [0.15, 0.2) is 11.6 Å². The predicted octanol–water partition coefficient (Wildman–Crippen LogP) is -3.22. The summed E-state index contributed by atoms with van der Waals surface area (Å²) in [5.74, 6) is -7.81. The second-order valence-corrected chi connectivity index (χ2v) is 10.1. The molecule has 184 valence electrons. The number of carbonyl (C=O) groups is 3. The van der Waals surface area contributed by atoms with Crippen molar-refractivity contribution >= 4 is 23.2 Å². The number of aromatic hydroxyl groups is 1. The van der Waals surface area contributed by atoms with Crippen LogP contribution < -0.4 is 29.7 Å². The Kier molecular flexibility index (Phi) is 5.97. The zero-order chi connectivity index (χ0) is 24.8. The number of ketones is 2. The first-order valence-electron chi connectivity index (χ1n) is 10.4. The number of benzene rings is 1. The van der Waals surface area contributed by atoms with E-state index in [0.717, 1.165) is 0 Å². The molecule has 0 aliphatic heterocycles. The van der Waals surface area contributed by atoms with Gasteiger partial charge in [-0.1, -0.05) is 12.1 Å². The summed E-state index contributed by atoms with van der Waals surface area (Å²) in [6.07, 6.45) is -0.189. The lowest BCUT2D eigenvalue weighted by atomic mass is 9.54. The standard InChI is InChI=1S/C23H26N2O8.HI/c1-22(32)9-6-5-7-12(26)13(9)17(27)14-10(22)8-11-16(25(2,3)4)18(28)15(21(24)31)20(30)23(11,33)19(14)29;/h5-7,10-11,16,32-33H,8H2,1-4H3,(H4-,24,26,27,28,29,30,31);1H/t10?,11?,16-,22+,23-;/m0./s1. The summed E-state index contributed by atoms with van der Waals surface area (Å²) < 4.78 is -0.111. The van der Waals surface area contributed by atoms with Crippen molar-refractivity contribution in [2.75, 3.05) is 21.1 Å². The van der Waals surface area contributed by atoms with Crippen LogP contribution in [0.15, 0.2) is 35.1 Å². The van der Waals surface area contributed by atoms with Crippen LogP contribution in [-0.4, -0.2) is 80.3 Å². The second-order valence-electron chi connectivity index (χ2n) is 10.1. The second kappa shape index (κ2) is 7.77. The van der Waals surface area contributed by atoms with Crippen molar-refractivity contribution in [1.29, 1.82) is 0 Å². The number of amides is 1. The van der Waals surface area contributed by atoms with Gasteiger partial charge in [-0.15, -0.1) is 0 Å². The van der Waals surface area contributed by atoms with Gasteiger partial charge < -0.3 is 59.7 Å². The van der Waals surface area contributed by atoms with Crippen LogP contribution in [0, 0.1) is 11.8 Å². The highest BCUT2D eigenvalue weighted by atomic mass is 127. The minimum atomic E-state index is -2.74. The first-order valence-corrected chi connectivity index (χ1v) is 10.4. The molecule has 4 rings (SSSR count). The van der Waals surface area contributed by atoms with Gasteiger partial charge in [-0.2, -0.15) is 0 Å². The fourth-order valence-electron chi connectivity index (χ4n) is 5.80. The predicted molar refractivity (Wildman–Crippen MR) is 114 cm³/mol. The number of hydrogen-bond acceptors (Lipinski definition) is 8. The number of halogens is 1. The highest BCUT2D eigenvalue weighted by Gasteiger charge is 2.68. The Labute approximate surface area is 212 Å². The minimum absolute atomic E-state index is 0. The molecule has 0 bridgehead atoms. The van der Waals surface area contributed by atoms with Crippen molar-refractivity contribution in [2.24, 2.45) is 17.6 Å². The maximum absolute atomic E-state index is 13.8. The third-order valence-electron chi connectivity index (χ3n) is 7.30. The van der Waals surface area contributed by atoms with Crippen LogP contribution in [0.2, 0.25) is 0 Å². The van der Waals surface area contributed by atoms with Gasteiger partial charge in [0, 0.05) is 11.5 Å². The molecule has 7 N–H and O–H groups in total. The monoisotopic (exact) mass is 586 g/mol. The van der Waals surface area contributed by atoms with Gasteiger partial charge in [0.2, 0.25) is 11.6 Å². The van der Waals surface area contributed by atoms with Crippen molar-refractivity contribution in [3.8, 4) is 5.75 Å². The third kappa shape index (κ3) is 3.13. The number of nitrogens with zero attached hydrogens (tertiary/aromatic N) is 1. The average molecular weight is 586 g/mol. The number of aliphatic hydroxyl groups is 4. The largest absolute Gasteiger partial charge is 1.00 e. The van der Waals surface area contributed by atoms with Crippen LogP contribution in [0.25, 0.3) is 5.76 Å². The maximum atomic E-state index is 13.8. The van der Waals surface area contributed by atoms with Crippen molar-refractivity contribution in [2.45, 2.75) is 30.6 Å². The van der Waals surface area contributed by atoms with E-state index < -0.39 is 75.0 Å². The van der Waals surface area contributed by atoms with Gasteiger partial charge >= 0.3 is 0 Å². The molecular formula is C23H27IN2O8. The lowest BCUT2D eigenvalue weighted by Gasteiger charge is -2.53. The van der Waals surface area contributed by atoms with Crippen molar-refractivity contribution < 1.29 is 68.4 Å². The van der Waals surface area contributed by atoms with Gasteiger partial charge in [-0.3, -0.25) is 14.4 Å². The van der Waals surface area contributed by atoms with Gasteiger partial charge in [0.25, 0.3) is 5.91 Å². The summed E-state index contributed by atoms with van der Waals surface area (Å²) in [6.45, 7) is 1.41. The van der Waals surface area contributed by atoms with E-state index in [1.165, 1.54) is 25.1 Å². The Morgan fingerprint density at radius 2 is 1.71 bits per heavy atom. The first-order chi connectivity index (χ1) is 15.1. The molecule has 0 heterocycles. The van der Waals surface area contributed by atoms with E-state index in [2.05, 4.69) is 0 Å². The minimum Gasteiger partial charge on any atom is -1.00 e. The number of phenolic OH excluding ortho intramolecular Hbond substituents is 1. The third-order valence-corrected chi connectivity index (χ3v) is 7.30. The number of hydrogen-bond donors (Lipinski definition) is 6. The number of Topliss-reactive ketones (excluding diaryl/α,β-unsaturated/α-hetero) is 2. The molecule has 11 heteroatoms. The Hall–Kier alpha value is -2.48. The Balaban J connectivity index is 0.00000324.